The number of benzene rings is 1. The van der Waals surface area contributed by atoms with Crippen LogP contribution in [0.3, 0.4) is 0 Å². The van der Waals surface area contributed by atoms with Gasteiger partial charge in [0.15, 0.2) is 0 Å². The molecule has 0 spiro atoms. The first-order valence-corrected chi connectivity index (χ1v) is 6.82. The molecule has 0 unspecified atom stereocenters. The van der Waals surface area contributed by atoms with Crippen molar-refractivity contribution >= 4 is 27.0 Å². The summed E-state index contributed by atoms with van der Waals surface area (Å²) in [6.45, 7) is 2.90. The van der Waals surface area contributed by atoms with Crippen LogP contribution >= 0.6 is 15.9 Å². The van der Waals surface area contributed by atoms with Crippen LogP contribution in [0.25, 0.3) is 11.0 Å². The second kappa shape index (κ2) is 4.64. The van der Waals surface area contributed by atoms with E-state index in [2.05, 4.69) is 49.6 Å². The number of aromatic nitrogens is 2. The Hall–Kier alpha value is -0.910. The summed E-state index contributed by atoms with van der Waals surface area (Å²) in [7, 11) is 3.85. The highest BCUT2D eigenvalue weighted by molar-refractivity contribution is 9.10. The van der Waals surface area contributed by atoms with Crippen molar-refractivity contribution in [1.29, 1.82) is 0 Å². The van der Waals surface area contributed by atoms with Gasteiger partial charge in [-0.3, -0.25) is 4.90 Å². The molecule has 96 valence electrons. The molecule has 1 aliphatic heterocycles. The lowest BCUT2D eigenvalue weighted by atomic mass is 10.2. The van der Waals surface area contributed by atoms with Gasteiger partial charge in [0.05, 0.1) is 23.7 Å². The van der Waals surface area contributed by atoms with Crippen molar-refractivity contribution in [1.82, 2.24) is 14.5 Å². The third-order valence-electron chi connectivity index (χ3n) is 3.56. The fourth-order valence-corrected chi connectivity index (χ4v) is 2.70. The Kier molecular flexibility index (Phi) is 3.13. The third kappa shape index (κ3) is 2.06. The number of halogens is 1. The van der Waals surface area contributed by atoms with E-state index in [1.165, 1.54) is 5.52 Å². The van der Waals surface area contributed by atoms with Crippen molar-refractivity contribution in [2.75, 3.05) is 20.2 Å². The summed E-state index contributed by atoms with van der Waals surface area (Å²) < 4.78 is 8.54. The average molecular weight is 310 g/mol. The van der Waals surface area contributed by atoms with Crippen LogP contribution < -0.4 is 0 Å². The molecule has 4 nitrogen and oxygen atoms in total. The van der Waals surface area contributed by atoms with E-state index in [9.17, 15) is 0 Å². The molecule has 0 saturated carbocycles. The Morgan fingerprint density at radius 3 is 2.94 bits per heavy atom. The Morgan fingerprint density at radius 1 is 1.44 bits per heavy atom. The van der Waals surface area contributed by atoms with Gasteiger partial charge >= 0.3 is 0 Å². The molecule has 2 aromatic rings. The molecule has 1 aromatic heterocycles. The highest BCUT2D eigenvalue weighted by atomic mass is 79.9. The molecular formula is C13H16BrN3O. The Labute approximate surface area is 115 Å². The normalized spacial score (nSPS) is 17.3. The van der Waals surface area contributed by atoms with E-state index in [-0.39, 0.29) is 0 Å². The minimum Gasteiger partial charge on any atom is -0.379 e. The predicted molar refractivity (Wildman–Crippen MR) is 74.5 cm³/mol. The highest BCUT2D eigenvalue weighted by Crippen LogP contribution is 2.22. The monoisotopic (exact) mass is 309 g/mol. The van der Waals surface area contributed by atoms with Gasteiger partial charge < -0.3 is 9.30 Å². The Morgan fingerprint density at radius 2 is 2.22 bits per heavy atom. The maximum Gasteiger partial charge on any atom is 0.123 e. The minimum atomic E-state index is 0.397. The molecule has 0 N–H and O–H groups in total. The van der Waals surface area contributed by atoms with E-state index in [0.717, 1.165) is 35.4 Å². The lowest BCUT2D eigenvalue weighted by molar-refractivity contribution is -0.0347. The van der Waals surface area contributed by atoms with Gasteiger partial charge in [0.1, 0.15) is 5.82 Å². The van der Waals surface area contributed by atoms with Crippen LogP contribution in [0, 0.1) is 0 Å². The first-order chi connectivity index (χ1) is 8.67. The molecule has 1 aliphatic rings. The zero-order valence-corrected chi connectivity index (χ0v) is 12.1. The number of fused-ring (bicyclic) bond motifs is 1. The van der Waals surface area contributed by atoms with Gasteiger partial charge in [-0.05, 0) is 18.2 Å². The molecular weight excluding hydrogens is 294 g/mol. The van der Waals surface area contributed by atoms with E-state index in [1.807, 2.05) is 6.07 Å². The van der Waals surface area contributed by atoms with E-state index in [1.54, 1.807) is 7.11 Å². The third-order valence-corrected chi connectivity index (χ3v) is 4.05. The van der Waals surface area contributed by atoms with Gasteiger partial charge in [0.25, 0.3) is 0 Å². The lowest BCUT2D eigenvalue weighted by Gasteiger charge is -2.37. The van der Waals surface area contributed by atoms with Crippen LogP contribution in [-0.2, 0) is 18.3 Å². The molecule has 5 heteroatoms. The number of likely N-dealkylation sites (tertiary alicyclic amines) is 1. The van der Waals surface area contributed by atoms with Crippen molar-refractivity contribution in [3.63, 3.8) is 0 Å². The molecule has 3 rings (SSSR count). The summed E-state index contributed by atoms with van der Waals surface area (Å²) in [6, 6.07) is 6.20. The molecule has 0 bridgehead atoms. The van der Waals surface area contributed by atoms with Crippen LogP contribution in [0.5, 0.6) is 0 Å². The van der Waals surface area contributed by atoms with Gasteiger partial charge in [-0.15, -0.1) is 0 Å². The van der Waals surface area contributed by atoms with Gasteiger partial charge in [-0.1, -0.05) is 15.9 Å². The van der Waals surface area contributed by atoms with Gasteiger partial charge in [-0.25, -0.2) is 4.98 Å². The molecule has 1 fully saturated rings. The van der Waals surface area contributed by atoms with Crippen molar-refractivity contribution in [2.24, 2.45) is 7.05 Å². The van der Waals surface area contributed by atoms with E-state index in [4.69, 9.17) is 4.74 Å². The number of hydrogen-bond donors (Lipinski definition) is 0. The average Bonchev–Trinajstić information content (AvgIpc) is 2.61. The molecule has 0 amide bonds. The van der Waals surface area contributed by atoms with E-state index in [0.29, 0.717) is 6.10 Å². The number of rotatable bonds is 3. The zero-order chi connectivity index (χ0) is 12.7. The lowest BCUT2D eigenvalue weighted by Crippen LogP contribution is -2.51. The molecule has 2 heterocycles. The quantitative estimate of drug-likeness (QED) is 0.870. The maximum atomic E-state index is 5.28. The smallest absolute Gasteiger partial charge is 0.123 e. The van der Waals surface area contributed by atoms with E-state index < -0.39 is 0 Å². The summed E-state index contributed by atoms with van der Waals surface area (Å²) in [5.41, 5.74) is 2.22. The molecule has 1 saturated heterocycles. The molecule has 1 aromatic carbocycles. The standard InChI is InChI=1S/C13H16BrN3O/c1-16-12-5-9(14)3-4-11(12)15-13(16)8-17-6-10(7-17)18-2/h3-5,10H,6-8H2,1-2H3. The fourth-order valence-electron chi connectivity index (χ4n) is 2.35. The van der Waals surface area contributed by atoms with E-state index >= 15 is 0 Å². The van der Waals surface area contributed by atoms with Crippen LogP contribution in [0.15, 0.2) is 22.7 Å². The molecule has 0 aliphatic carbocycles. The zero-order valence-electron chi connectivity index (χ0n) is 10.6. The first-order valence-electron chi connectivity index (χ1n) is 6.03. The maximum absolute atomic E-state index is 5.28. The van der Waals surface area contributed by atoms with Crippen LogP contribution in [0.1, 0.15) is 5.82 Å². The predicted octanol–water partition coefficient (Wildman–Crippen LogP) is 2.17. The summed E-state index contributed by atoms with van der Waals surface area (Å²) in [6.07, 6.45) is 0.397. The van der Waals surface area contributed by atoms with Gasteiger partial charge in [0.2, 0.25) is 0 Å². The topological polar surface area (TPSA) is 30.3 Å². The minimum absolute atomic E-state index is 0.397. The highest BCUT2D eigenvalue weighted by Gasteiger charge is 2.27. The number of nitrogens with zero attached hydrogens (tertiary/aromatic N) is 3. The second-order valence-corrected chi connectivity index (χ2v) is 5.69. The number of hydrogen-bond acceptors (Lipinski definition) is 3. The summed E-state index contributed by atoms with van der Waals surface area (Å²) in [4.78, 5) is 7.04. The van der Waals surface area contributed by atoms with Crippen molar-refractivity contribution in [3.05, 3.63) is 28.5 Å². The number of methoxy groups -OCH3 is 1. The Bertz CT molecular complexity index is 575. The van der Waals surface area contributed by atoms with Gasteiger partial charge in [0, 0.05) is 31.7 Å². The van der Waals surface area contributed by atoms with Crippen LogP contribution in [-0.4, -0.2) is 40.8 Å². The molecule has 18 heavy (non-hydrogen) atoms. The number of ether oxygens (including phenoxy) is 1. The number of aryl methyl sites for hydroxylation is 1. The first kappa shape index (κ1) is 12.1. The summed E-state index contributed by atoms with van der Waals surface area (Å²) >= 11 is 3.50. The fraction of sp³-hybridized carbons (Fsp3) is 0.462. The SMILES string of the molecule is COC1CN(Cc2nc3ccc(Br)cc3n2C)C1. The van der Waals surface area contributed by atoms with Crippen LogP contribution in [0.2, 0.25) is 0 Å². The Balaban J connectivity index is 1.82. The van der Waals surface area contributed by atoms with Crippen molar-refractivity contribution in [3.8, 4) is 0 Å². The number of imidazole rings is 1. The second-order valence-electron chi connectivity index (χ2n) is 4.77. The van der Waals surface area contributed by atoms with Crippen LogP contribution in [0.4, 0.5) is 0 Å². The van der Waals surface area contributed by atoms with Crippen molar-refractivity contribution in [2.45, 2.75) is 12.6 Å². The summed E-state index contributed by atoms with van der Waals surface area (Å²) in [5.74, 6) is 1.11. The molecule has 0 radical (unpaired) electrons. The molecule has 0 atom stereocenters. The van der Waals surface area contributed by atoms with Crippen molar-refractivity contribution < 1.29 is 4.74 Å². The van der Waals surface area contributed by atoms with Gasteiger partial charge in [-0.2, -0.15) is 0 Å². The largest absolute Gasteiger partial charge is 0.379 e. The summed E-state index contributed by atoms with van der Waals surface area (Å²) in [5, 5.41) is 0.